The molecule has 3 nitrogen and oxygen atoms in total. The van der Waals surface area contributed by atoms with Gasteiger partial charge in [0.2, 0.25) is 0 Å². The molecule has 92 valence electrons. The minimum Gasteiger partial charge on any atom is -0.248 e. The Morgan fingerprint density at radius 3 is 1.68 bits per heavy atom. The summed E-state index contributed by atoms with van der Waals surface area (Å²) in [4.78, 5) is 0. The Labute approximate surface area is 122 Å². The fraction of sp³-hybridized carbons (Fsp3) is 0. The topological polar surface area (TPSA) is 71.4 Å². The molecule has 19 heavy (non-hydrogen) atoms. The van der Waals surface area contributed by atoms with Crippen LogP contribution in [0.2, 0.25) is 0 Å². The van der Waals surface area contributed by atoms with E-state index in [2.05, 4.69) is 0 Å². The Morgan fingerprint density at radius 1 is 0.842 bits per heavy atom. The first-order chi connectivity index (χ1) is 8.83. The number of rotatable bonds is 1. The number of nitrogens with zero attached hydrogens (tertiary/aromatic N) is 3. The first-order valence-electron chi connectivity index (χ1n) is 5.16. The van der Waals surface area contributed by atoms with Crippen molar-refractivity contribution < 1.29 is 17.1 Å². The number of nitriles is 3. The molecule has 4 heteroatoms. The van der Waals surface area contributed by atoms with Crippen molar-refractivity contribution in [3.05, 3.63) is 65.7 Å². The van der Waals surface area contributed by atoms with E-state index in [-0.39, 0.29) is 28.2 Å². The summed E-state index contributed by atoms with van der Waals surface area (Å²) in [7, 11) is 0. The molecule has 0 radical (unpaired) electrons. The normalized spacial score (nSPS) is 7.42. The summed E-state index contributed by atoms with van der Waals surface area (Å²) in [6.07, 6.45) is 0. The maximum atomic E-state index is 8.72. The predicted octanol–water partition coefficient (Wildman–Crippen LogP) is 3.13. The first kappa shape index (κ1) is 16.4. The van der Waals surface area contributed by atoms with Gasteiger partial charge in [0.1, 0.15) is 0 Å². The molecule has 0 aliphatic carbocycles. The quantitative estimate of drug-likeness (QED) is 0.459. The van der Waals surface area contributed by atoms with Gasteiger partial charge in [0.05, 0.1) is 17.7 Å². The zero-order chi connectivity index (χ0) is 13.2. The molecule has 0 aliphatic heterocycles. The van der Waals surface area contributed by atoms with Crippen molar-refractivity contribution in [2.45, 2.75) is 0 Å². The smallest absolute Gasteiger partial charge is 0.248 e. The van der Waals surface area contributed by atoms with Crippen LogP contribution in [-0.2, 0) is 17.1 Å². The molecule has 0 aromatic heterocycles. The van der Waals surface area contributed by atoms with E-state index in [4.69, 9.17) is 15.8 Å². The van der Waals surface area contributed by atoms with Crippen LogP contribution < -0.4 is 0 Å². The molecule has 0 atom stereocenters. The van der Waals surface area contributed by atoms with Gasteiger partial charge in [-0.3, -0.25) is 0 Å². The number of hydrogen-bond acceptors (Lipinski definition) is 3. The predicted molar refractivity (Wildman–Crippen MR) is 67.8 cm³/mol. The van der Waals surface area contributed by atoms with Crippen LogP contribution in [0, 0.1) is 34.0 Å². The summed E-state index contributed by atoms with van der Waals surface area (Å²) in [6.45, 7) is 0. The largest absolute Gasteiger partial charge is 2.00 e. The average molecular weight is 287 g/mol. The molecule has 0 N–H and O–H groups in total. The van der Waals surface area contributed by atoms with Crippen molar-refractivity contribution >= 4 is 5.57 Å². The molecule has 0 fully saturated rings. The Balaban J connectivity index is 0.000000454. The summed E-state index contributed by atoms with van der Waals surface area (Å²) in [5.41, 5.74) is 0.601. The molecule has 0 unspecified atom stereocenters. The van der Waals surface area contributed by atoms with Crippen LogP contribution in [-0.4, -0.2) is 0 Å². The Bertz CT molecular complexity index is 581. The third-order valence-corrected chi connectivity index (χ3v) is 2.09. The average Bonchev–Trinajstić information content (AvgIpc) is 3.09. The molecular weight excluding hydrogens is 278 g/mol. The number of allylic oxidation sites excluding steroid dienone is 2. The van der Waals surface area contributed by atoms with E-state index in [9.17, 15) is 0 Å². The van der Waals surface area contributed by atoms with Gasteiger partial charge < -0.3 is 0 Å². The van der Waals surface area contributed by atoms with Crippen LogP contribution in [0.15, 0.2) is 60.2 Å². The molecule has 0 amide bonds. The van der Waals surface area contributed by atoms with Crippen LogP contribution in [0.4, 0.5) is 0 Å². The summed E-state index contributed by atoms with van der Waals surface area (Å²) in [5, 5.41) is 25.8. The maximum absolute atomic E-state index is 8.72. The molecule has 0 bridgehead atoms. The van der Waals surface area contributed by atoms with Crippen LogP contribution in [0.25, 0.3) is 5.57 Å². The fourth-order valence-corrected chi connectivity index (χ4v) is 1.26. The molecule has 2 rings (SSSR count). The van der Waals surface area contributed by atoms with Gasteiger partial charge in [0.25, 0.3) is 0 Å². The summed E-state index contributed by atoms with van der Waals surface area (Å²) in [6, 6.07) is 22.1. The molecule has 0 saturated heterocycles. The van der Waals surface area contributed by atoms with Crippen molar-refractivity contribution in [2.75, 3.05) is 0 Å². The van der Waals surface area contributed by atoms with Crippen molar-refractivity contribution in [1.29, 1.82) is 15.8 Å². The van der Waals surface area contributed by atoms with Crippen molar-refractivity contribution in [3.63, 3.8) is 0 Å². The summed E-state index contributed by atoms with van der Waals surface area (Å²) >= 11 is 0. The standard InChI is InChI=1S/C10H4N3.C5H5.Fe/c11-5-9(6-12)10(7-13)8-3-1-2-4-8;1-2-4-5-3-1;/h1-4H;1-5H;/q2*-1;+2. The molecule has 0 saturated carbocycles. The Morgan fingerprint density at radius 2 is 1.37 bits per heavy atom. The van der Waals surface area contributed by atoms with Crippen LogP contribution >= 0.6 is 0 Å². The Kier molecular flexibility index (Phi) is 8.18. The molecule has 2 aromatic rings. The fourth-order valence-electron chi connectivity index (χ4n) is 1.26. The van der Waals surface area contributed by atoms with E-state index in [0.29, 0.717) is 5.56 Å². The second-order valence-electron chi connectivity index (χ2n) is 3.22. The molecular formula is C15H9FeN3. The zero-order valence-electron chi connectivity index (χ0n) is 9.89. The van der Waals surface area contributed by atoms with Gasteiger partial charge in [0, 0.05) is 6.07 Å². The van der Waals surface area contributed by atoms with E-state index in [1.165, 1.54) is 0 Å². The van der Waals surface area contributed by atoms with E-state index in [1.807, 2.05) is 36.4 Å². The van der Waals surface area contributed by atoms with E-state index >= 15 is 0 Å². The molecule has 0 heterocycles. The van der Waals surface area contributed by atoms with E-state index in [1.54, 1.807) is 36.4 Å². The molecule has 2 aromatic carbocycles. The first-order valence-corrected chi connectivity index (χ1v) is 5.16. The third kappa shape index (κ3) is 5.07. The van der Waals surface area contributed by atoms with Crippen LogP contribution in [0.3, 0.4) is 0 Å². The van der Waals surface area contributed by atoms with Crippen molar-refractivity contribution in [1.82, 2.24) is 0 Å². The van der Waals surface area contributed by atoms with E-state index in [0.717, 1.165) is 0 Å². The van der Waals surface area contributed by atoms with Gasteiger partial charge in [-0.05, 0) is 5.57 Å². The summed E-state index contributed by atoms with van der Waals surface area (Å²) < 4.78 is 0. The molecule has 0 aliphatic rings. The monoisotopic (exact) mass is 287 g/mol. The van der Waals surface area contributed by atoms with Gasteiger partial charge in [-0.15, -0.1) is 12.1 Å². The van der Waals surface area contributed by atoms with Gasteiger partial charge in [-0.25, -0.2) is 27.9 Å². The minimum atomic E-state index is -0.145. The van der Waals surface area contributed by atoms with Gasteiger partial charge in [-0.1, -0.05) is 5.56 Å². The van der Waals surface area contributed by atoms with Gasteiger partial charge >= 0.3 is 17.1 Å². The van der Waals surface area contributed by atoms with Crippen LogP contribution in [0.1, 0.15) is 5.56 Å². The second-order valence-corrected chi connectivity index (χ2v) is 3.22. The zero-order valence-corrected chi connectivity index (χ0v) is 11.0. The van der Waals surface area contributed by atoms with Gasteiger partial charge in [0.15, 0.2) is 0 Å². The third-order valence-electron chi connectivity index (χ3n) is 2.09. The second kappa shape index (κ2) is 9.46. The van der Waals surface area contributed by atoms with E-state index < -0.39 is 0 Å². The van der Waals surface area contributed by atoms with Gasteiger partial charge in [-0.2, -0.15) is 30.3 Å². The molecule has 0 spiro atoms. The SMILES string of the molecule is N#CC(C#N)=C(C#N)[c-]1cccc1.[Fe+2].c1cc[cH-]c1. The summed E-state index contributed by atoms with van der Waals surface area (Å²) in [5.74, 6) is 0. The van der Waals surface area contributed by atoms with Crippen molar-refractivity contribution in [2.24, 2.45) is 0 Å². The Hall–Kier alpha value is -2.57. The minimum absolute atomic E-state index is 0. The van der Waals surface area contributed by atoms with Crippen LogP contribution in [0.5, 0.6) is 0 Å². The maximum Gasteiger partial charge on any atom is 2.00 e. The number of hydrogen-bond donors (Lipinski definition) is 0. The van der Waals surface area contributed by atoms with Crippen molar-refractivity contribution in [3.8, 4) is 18.2 Å².